The summed E-state index contributed by atoms with van der Waals surface area (Å²) in [5, 5.41) is 3.56. The Hall–Kier alpha value is -2.99. The summed E-state index contributed by atoms with van der Waals surface area (Å²) in [5.74, 6) is -0.823. The van der Waals surface area contributed by atoms with Crippen molar-refractivity contribution >= 4 is 22.6 Å². The number of aryl methyl sites for hydroxylation is 1. The molecule has 1 N–H and O–H groups in total. The third kappa shape index (κ3) is 3.50. The zero-order valence-electron chi connectivity index (χ0n) is 14.7. The molecule has 134 valence electrons. The van der Waals surface area contributed by atoms with Crippen molar-refractivity contribution in [3.63, 3.8) is 0 Å². The second-order valence-corrected chi connectivity index (χ2v) is 6.34. The van der Waals surface area contributed by atoms with E-state index >= 15 is 0 Å². The van der Waals surface area contributed by atoms with Crippen LogP contribution >= 0.6 is 0 Å². The predicted molar refractivity (Wildman–Crippen MR) is 98.7 cm³/mol. The molecule has 3 rings (SSSR count). The maximum atomic E-state index is 14.1. The van der Waals surface area contributed by atoms with E-state index in [1.165, 1.54) is 12.1 Å². The van der Waals surface area contributed by atoms with Crippen LogP contribution in [-0.2, 0) is 4.79 Å². The second kappa shape index (κ2) is 7.09. The van der Waals surface area contributed by atoms with Gasteiger partial charge in [-0.1, -0.05) is 18.2 Å². The van der Waals surface area contributed by atoms with Gasteiger partial charge < -0.3 is 9.73 Å². The van der Waals surface area contributed by atoms with Crippen molar-refractivity contribution in [1.29, 1.82) is 0 Å². The van der Waals surface area contributed by atoms with E-state index in [0.717, 1.165) is 10.9 Å². The SMILES string of the molecule is Cc1cc(=O)oc2cc(NC(=O)C(c3ccccc3F)N(C)C)ccc12. The van der Waals surface area contributed by atoms with Crippen molar-refractivity contribution in [2.45, 2.75) is 13.0 Å². The smallest absolute Gasteiger partial charge is 0.336 e. The molecule has 0 aliphatic rings. The Morgan fingerprint density at radius 1 is 1.15 bits per heavy atom. The number of carbonyl (C=O) groups is 1. The Balaban J connectivity index is 1.94. The Morgan fingerprint density at radius 2 is 1.88 bits per heavy atom. The number of anilines is 1. The van der Waals surface area contributed by atoms with Gasteiger partial charge in [0.15, 0.2) is 0 Å². The van der Waals surface area contributed by atoms with Crippen LogP contribution in [0.5, 0.6) is 0 Å². The van der Waals surface area contributed by atoms with E-state index in [-0.39, 0.29) is 11.5 Å². The summed E-state index contributed by atoms with van der Waals surface area (Å²) >= 11 is 0. The van der Waals surface area contributed by atoms with Crippen molar-refractivity contribution in [3.8, 4) is 0 Å². The lowest BCUT2D eigenvalue weighted by Gasteiger charge is -2.24. The molecule has 0 aliphatic carbocycles. The first-order valence-corrected chi connectivity index (χ1v) is 8.13. The van der Waals surface area contributed by atoms with Crippen molar-refractivity contribution in [2.75, 3.05) is 19.4 Å². The molecule has 0 aliphatic heterocycles. The molecule has 1 aromatic heterocycles. The summed E-state index contributed by atoms with van der Waals surface area (Å²) in [7, 11) is 3.42. The van der Waals surface area contributed by atoms with E-state index in [1.54, 1.807) is 55.4 Å². The highest BCUT2D eigenvalue weighted by molar-refractivity contribution is 5.97. The molecule has 1 heterocycles. The number of fused-ring (bicyclic) bond motifs is 1. The molecule has 0 bridgehead atoms. The Bertz CT molecular complexity index is 1030. The number of nitrogens with zero attached hydrogens (tertiary/aromatic N) is 1. The minimum absolute atomic E-state index is 0.290. The Morgan fingerprint density at radius 3 is 2.58 bits per heavy atom. The molecule has 1 unspecified atom stereocenters. The summed E-state index contributed by atoms with van der Waals surface area (Å²) in [6.07, 6.45) is 0. The molecule has 26 heavy (non-hydrogen) atoms. The molecule has 6 heteroatoms. The summed E-state index contributed by atoms with van der Waals surface area (Å²) in [4.78, 5) is 26.0. The van der Waals surface area contributed by atoms with Gasteiger partial charge in [0.1, 0.15) is 17.4 Å². The first-order valence-electron chi connectivity index (χ1n) is 8.13. The van der Waals surface area contributed by atoms with Crippen molar-refractivity contribution in [1.82, 2.24) is 4.90 Å². The second-order valence-electron chi connectivity index (χ2n) is 6.34. The minimum atomic E-state index is -0.795. The fourth-order valence-electron chi connectivity index (χ4n) is 2.96. The Labute approximate surface area is 150 Å². The monoisotopic (exact) mass is 354 g/mol. The van der Waals surface area contributed by atoms with Crippen LogP contribution in [0.1, 0.15) is 17.2 Å². The average Bonchev–Trinajstić information content (AvgIpc) is 2.56. The lowest BCUT2D eigenvalue weighted by molar-refractivity contribution is -0.120. The highest BCUT2D eigenvalue weighted by Crippen LogP contribution is 2.25. The first kappa shape index (κ1) is 17.8. The predicted octanol–water partition coefficient (Wildman–Crippen LogP) is 3.48. The van der Waals surface area contributed by atoms with Gasteiger partial charge in [0.05, 0.1) is 0 Å². The van der Waals surface area contributed by atoms with E-state index in [4.69, 9.17) is 4.42 Å². The van der Waals surface area contributed by atoms with E-state index in [0.29, 0.717) is 11.3 Å². The molecular weight excluding hydrogens is 335 g/mol. The van der Waals surface area contributed by atoms with Crippen molar-refractivity contribution in [2.24, 2.45) is 0 Å². The molecule has 0 fully saturated rings. The number of benzene rings is 2. The van der Waals surface area contributed by atoms with E-state index in [9.17, 15) is 14.0 Å². The van der Waals surface area contributed by atoms with Crippen molar-refractivity contribution in [3.05, 3.63) is 75.9 Å². The number of likely N-dealkylation sites (N-methyl/N-ethyl adjacent to an activating group) is 1. The van der Waals surface area contributed by atoms with E-state index < -0.39 is 17.5 Å². The normalized spacial score (nSPS) is 12.3. The zero-order chi connectivity index (χ0) is 18.8. The van der Waals surface area contributed by atoms with Gasteiger partial charge >= 0.3 is 5.63 Å². The highest BCUT2D eigenvalue weighted by Gasteiger charge is 2.25. The molecular formula is C20H19FN2O3. The lowest BCUT2D eigenvalue weighted by Crippen LogP contribution is -2.32. The third-order valence-corrected chi connectivity index (χ3v) is 4.18. The first-order chi connectivity index (χ1) is 12.4. The topological polar surface area (TPSA) is 62.6 Å². The highest BCUT2D eigenvalue weighted by atomic mass is 19.1. The Kier molecular flexibility index (Phi) is 4.86. The molecule has 5 nitrogen and oxygen atoms in total. The number of hydrogen-bond donors (Lipinski definition) is 1. The molecule has 0 saturated heterocycles. The van der Waals surface area contributed by atoms with E-state index in [2.05, 4.69) is 5.32 Å². The minimum Gasteiger partial charge on any atom is -0.423 e. The van der Waals surface area contributed by atoms with Crippen LogP contribution in [0.25, 0.3) is 11.0 Å². The van der Waals surface area contributed by atoms with Crippen LogP contribution in [-0.4, -0.2) is 24.9 Å². The van der Waals surface area contributed by atoms with Gasteiger partial charge in [-0.3, -0.25) is 9.69 Å². The van der Waals surface area contributed by atoms with Crippen LogP contribution in [0.3, 0.4) is 0 Å². The largest absolute Gasteiger partial charge is 0.423 e. The number of halogens is 1. The van der Waals surface area contributed by atoms with Gasteiger partial charge in [-0.05, 0) is 44.8 Å². The van der Waals surface area contributed by atoms with Gasteiger partial charge in [0, 0.05) is 28.8 Å². The summed E-state index contributed by atoms with van der Waals surface area (Å²) in [5.41, 5.74) is 1.50. The summed E-state index contributed by atoms with van der Waals surface area (Å²) in [6.45, 7) is 1.82. The van der Waals surface area contributed by atoms with Gasteiger partial charge in [-0.2, -0.15) is 0 Å². The number of nitrogens with one attached hydrogen (secondary N) is 1. The van der Waals surface area contributed by atoms with Crippen molar-refractivity contribution < 1.29 is 13.6 Å². The number of carbonyl (C=O) groups excluding carboxylic acids is 1. The van der Waals surface area contributed by atoms with Gasteiger partial charge in [-0.15, -0.1) is 0 Å². The summed E-state index contributed by atoms with van der Waals surface area (Å²) in [6, 6.07) is 11.9. The van der Waals surface area contributed by atoms with Gasteiger partial charge in [0.2, 0.25) is 5.91 Å². The third-order valence-electron chi connectivity index (χ3n) is 4.18. The molecule has 1 atom stereocenters. The molecule has 3 aromatic rings. The molecule has 2 aromatic carbocycles. The molecule has 0 radical (unpaired) electrons. The van der Waals surface area contributed by atoms with Gasteiger partial charge in [0.25, 0.3) is 0 Å². The van der Waals surface area contributed by atoms with Crippen LogP contribution < -0.4 is 10.9 Å². The molecule has 0 saturated carbocycles. The van der Waals surface area contributed by atoms with Crippen LogP contribution in [0, 0.1) is 12.7 Å². The van der Waals surface area contributed by atoms with Gasteiger partial charge in [-0.25, -0.2) is 9.18 Å². The maximum absolute atomic E-state index is 14.1. The summed E-state index contributed by atoms with van der Waals surface area (Å²) < 4.78 is 19.3. The fraction of sp³-hybridized carbons (Fsp3) is 0.200. The quantitative estimate of drug-likeness (QED) is 0.729. The molecule has 0 spiro atoms. The zero-order valence-corrected chi connectivity index (χ0v) is 14.7. The molecule has 1 amide bonds. The number of amides is 1. The number of rotatable bonds is 4. The number of hydrogen-bond acceptors (Lipinski definition) is 4. The average molecular weight is 354 g/mol. The maximum Gasteiger partial charge on any atom is 0.336 e. The van der Waals surface area contributed by atoms with Crippen LogP contribution in [0.2, 0.25) is 0 Å². The van der Waals surface area contributed by atoms with Crippen LogP contribution in [0.4, 0.5) is 10.1 Å². The fourth-order valence-corrected chi connectivity index (χ4v) is 2.96. The lowest BCUT2D eigenvalue weighted by atomic mass is 10.0. The van der Waals surface area contributed by atoms with E-state index in [1.807, 2.05) is 6.92 Å². The standard InChI is InChI=1S/C20H19FN2O3/c1-12-10-18(24)26-17-11-13(8-9-14(12)17)22-20(25)19(23(2)3)15-6-4-5-7-16(15)21/h4-11,19H,1-3H3,(H,22,25). The van der Waals surface area contributed by atoms with Crippen LogP contribution in [0.15, 0.2) is 57.7 Å².